The number of piperidine rings is 1. The molecule has 0 radical (unpaired) electrons. The van der Waals surface area contributed by atoms with Crippen molar-refractivity contribution < 1.29 is 14.6 Å². The van der Waals surface area contributed by atoms with Gasteiger partial charge < -0.3 is 14.7 Å². The summed E-state index contributed by atoms with van der Waals surface area (Å²) in [6, 6.07) is 0. The molecule has 146 valence electrons. The number of aromatic nitrogens is 1. The van der Waals surface area contributed by atoms with Gasteiger partial charge in [-0.3, -0.25) is 4.98 Å². The van der Waals surface area contributed by atoms with Gasteiger partial charge in [-0.05, 0) is 61.4 Å². The van der Waals surface area contributed by atoms with Crippen molar-refractivity contribution in [3.05, 3.63) is 21.9 Å². The van der Waals surface area contributed by atoms with E-state index in [1.165, 1.54) is 0 Å². The van der Waals surface area contributed by atoms with Gasteiger partial charge in [0.25, 0.3) is 0 Å². The molecule has 1 aliphatic rings. The van der Waals surface area contributed by atoms with Crippen molar-refractivity contribution in [3.8, 4) is 0 Å². The standard InChI is InChI=1S/C20H31BrN2O3/c1-7-20(5,6)26-17(18(24)25)15-13(2)22-12-14(21)16(15)23-10-8-19(3,4)9-11-23/h12,17H,7-11H2,1-6H3,(H,24,25)/t17-/m0/s1. The summed E-state index contributed by atoms with van der Waals surface area (Å²) in [5.41, 5.74) is 2.06. The van der Waals surface area contributed by atoms with Gasteiger partial charge in [0, 0.05) is 30.5 Å². The van der Waals surface area contributed by atoms with Crippen molar-refractivity contribution in [2.45, 2.75) is 72.5 Å². The van der Waals surface area contributed by atoms with Crippen LogP contribution in [0.2, 0.25) is 0 Å². The van der Waals surface area contributed by atoms with Crippen LogP contribution in [0, 0.1) is 12.3 Å². The van der Waals surface area contributed by atoms with Gasteiger partial charge in [0.2, 0.25) is 0 Å². The SMILES string of the molecule is CCC(C)(C)O[C@H](C(=O)O)c1c(C)ncc(Br)c1N1CCC(C)(C)CC1. The first-order valence-electron chi connectivity index (χ1n) is 9.28. The highest BCUT2D eigenvalue weighted by Crippen LogP contribution is 2.41. The number of aryl methyl sites for hydroxylation is 1. The molecule has 1 aromatic heterocycles. The lowest BCUT2D eigenvalue weighted by Gasteiger charge is -2.40. The zero-order chi connectivity index (χ0) is 19.7. The molecule has 1 saturated heterocycles. The summed E-state index contributed by atoms with van der Waals surface area (Å²) >= 11 is 3.61. The van der Waals surface area contributed by atoms with E-state index in [-0.39, 0.29) is 0 Å². The molecule has 0 amide bonds. The first kappa shape index (κ1) is 21.2. The molecule has 0 aromatic carbocycles. The molecular formula is C20H31BrN2O3. The Labute approximate surface area is 165 Å². The van der Waals surface area contributed by atoms with Gasteiger partial charge in [0.1, 0.15) is 0 Å². The van der Waals surface area contributed by atoms with Gasteiger partial charge in [0.05, 0.1) is 15.8 Å². The number of carbonyl (C=O) groups is 1. The van der Waals surface area contributed by atoms with Gasteiger partial charge in [-0.25, -0.2) is 4.79 Å². The summed E-state index contributed by atoms with van der Waals surface area (Å²) in [6.45, 7) is 14.1. The quantitative estimate of drug-likeness (QED) is 0.684. The summed E-state index contributed by atoms with van der Waals surface area (Å²) in [5, 5.41) is 9.92. The summed E-state index contributed by atoms with van der Waals surface area (Å²) in [7, 11) is 0. The molecule has 26 heavy (non-hydrogen) atoms. The Hall–Kier alpha value is -1.14. The maximum Gasteiger partial charge on any atom is 0.337 e. The van der Waals surface area contributed by atoms with E-state index in [2.05, 4.69) is 39.7 Å². The van der Waals surface area contributed by atoms with Crippen molar-refractivity contribution >= 4 is 27.6 Å². The number of pyridine rings is 1. The first-order valence-corrected chi connectivity index (χ1v) is 10.1. The van der Waals surface area contributed by atoms with Gasteiger partial charge in [0.15, 0.2) is 6.10 Å². The third kappa shape index (κ3) is 4.77. The molecule has 0 saturated carbocycles. The Bertz CT molecular complexity index is 663. The topological polar surface area (TPSA) is 62.7 Å². The second-order valence-corrected chi connectivity index (χ2v) is 9.41. The van der Waals surface area contributed by atoms with E-state index in [1.807, 2.05) is 27.7 Å². The molecule has 5 nitrogen and oxygen atoms in total. The Morgan fingerprint density at radius 3 is 2.50 bits per heavy atom. The average Bonchev–Trinajstić information content (AvgIpc) is 2.55. The van der Waals surface area contributed by atoms with E-state index < -0.39 is 17.7 Å². The number of anilines is 1. The monoisotopic (exact) mass is 426 g/mol. The largest absolute Gasteiger partial charge is 0.479 e. The van der Waals surface area contributed by atoms with Crippen LogP contribution in [0.1, 0.15) is 71.2 Å². The Morgan fingerprint density at radius 2 is 2.00 bits per heavy atom. The molecule has 0 bridgehead atoms. The van der Waals surface area contributed by atoms with Crippen LogP contribution in [0.5, 0.6) is 0 Å². The fourth-order valence-electron chi connectivity index (χ4n) is 3.19. The minimum absolute atomic E-state index is 0.318. The lowest BCUT2D eigenvalue weighted by molar-refractivity contribution is -0.162. The Kier molecular flexibility index (Phi) is 6.39. The van der Waals surface area contributed by atoms with E-state index in [9.17, 15) is 9.90 Å². The van der Waals surface area contributed by atoms with Crippen molar-refractivity contribution in [1.29, 1.82) is 0 Å². The minimum Gasteiger partial charge on any atom is -0.479 e. The number of nitrogens with zero attached hydrogens (tertiary/aromatic N) is 2. The smallest absolute Gasteiger partial charge is 0.337 e. The second-order valence-electron chi connectivity index (χ2n) is 8.55. The van der Waals surface area contributed by atoms with Gasteiger partial charge in [-0.2, -0.15) is 0 Å². The molecule has 1 N–H and O–H groups in total. The number of hydrogen-bond donors (Lipinski definition) is 1. The molecule has 1 aromatic rings. The van der Waals surface area contributed by atoms with Crippen LogP contribution in [0.25, 0.3) is 0 Å². The highest BCUT2D eigenvalue weighted by atomic mass is 79.9. The molecule has 1 fully saturated rings. The van der Waals surface area contributed by atoms with Crippen molar-refractivity contribution in [2.75, 3.05) is 18.0 Å². The minimum atomic E-state index is -1.04. The van der Waals surface area contributed by atoms with E-state index in [4.69, 9.17) is 4.74 Å². The number of aliphatic carboxylic acids is 1. The second kappa shape index (κ2) is 7.85. The van der Waals surface area contributed by atoms with Crippen molar-refractivity contribution in [3.63, 3.8) is 0 Å². The highest BCUT2D eigenvalue weighted by Gasteiger charge is 2.35. The number of hydrogen-bond acceptors (Lipinski definition) is 4. The molecule has 0 spiro atoms. The van der Waals surface area contributed by atoms with Crippen LogP contribution in [-0.2, 0) is 9.53 Å². The van der Waals surface area contributed by atoms with Crippen LogP contribution < -0.4 is 4.90 Å². The van der Waals surface area contributed by atoms with Crippen molar-refractivity contribution in [2.24, 2.45) is 5.41 Å². The van der Waals surface area contributed by atoms with Crippen LogP contribution in [0.15, 0.2) is 10.7 Å². The lowest BCUT2D eigenvalue weighted by atomic mass is 9.82. The normalized spacial score (nSPS) is 18.7. The van der Waals surface area contributed by atoms with Gasteiger partial charge in [-0.15, -0.1) is 0 Å². The fraction of sp³-hybridized carbons (Fsp3) is 0.700. The predicted molar refractivity (Wildman–Crippen MR) is 108 cm³/mol. The summed E-state index contributed by atoms with van der Waals surface area (Å²) in [6.07, 6.45) is 3.58. The zero-order valence-electron chi connectivity index (χ0n) is 16.7. The molecule has 0 unspecified atom stereocenters. The van der Waals surface area contributed by atoms with Gasteiger partial charge >= 0.3 is 5.97 Å². The maximum atomic E-state index is 12.1. The fourth-order valence-corrected chi connectivity index (χ4v) is 3.76. The lowest BCUT2D eigenvalue weighted by Crippen LogP contribution is -2.39. The molecule has 0 aliphatic carbocycles. The average molecular weight is 427 g/mol. The molecule has 1 atom stereocenters. The van der Waals surface area contributed by atoms with Crippen LogP contribution >= 0.6 is 15.9 Å². The summed E-state index contributed by atoms with van der Waals surface area (Å²) in [4.78, 5) is 18.8. The number of carboxylic acids is 1. The molecule has 2 rings (SSSR count). The molecule has 2 heterocycles. The van der Waals surface area contributed by atoms with Crippen LogP contribution in [-0.4, -0.2) is 34.8 Å². The van der Waals surface area contributed by atoms with E-state index >= 15 is 0 Å². The molecule has 6 heteroatoms. The van der Waals surface area contributed by atoms with E-state index in [1.54, 1.807) is 6.20 Å². The third-order valence-corrected chi connectivity index (χ3v) is 6.03. The number of carboxylic acid groups (broad SMARTS) is 1. The summed E-state index contributed by atoms with van der Waals surface area (Å²) < 4.78 is 6.88. The Balaban J connectivity index is 2.50. The zero-order valence-corrected chi connectivity index (χ0v) is 18.3. The maximum absolute atomic E-state index is 12.1. The van der Waals surface area contributed by atoms with Crippen LogP contribution in [0.4, 0.5) is 5.69 Å². The Morgan fingerprint density at radius 1 is 1.42 bits per heavy atom. The van der Waals surface area contributed by atoms with Crippen molar-refractivity contribution in [1.82, 2.24) is 4.98 Å². The van der Waals surface area contributed by atoms with E-state index in [0.717, 1.165) is 42.5 Å². The summed E-state index contributed by atoms with van der Waals surface area (Å²) in [5.74, 6) is -0.979. The third-order valence-electron chi connectivity index (χ3n) is 5.45. The predicted octanol–water partition coefficient (Wildman–Crippen LogP) is 5.11. The first-order chi connectivity index (χ1) is 12.0. The number of halogens is 1. The highest BCUT2D eigenvalue weighted by molar-refractivity contribution is 9.10. The van der Waals surface area contributed by atoms with E-state index in [0.29, 0.717) is 16.7 Å². The number of ether oxygens (including phenoxy) is 1. The number of rotatable bonds is 6. The van der Waals surface area contributed by atoms with Crippen LogP contribution in [0.3, 0.4) is 0 Å². The molecular weight excluding hydrogens is 396 g/mol. The molecule has 1 aliphatic heterocycles. The van der Waals surface area contributed by atoms with Gasteiger partial charge in [-0.1, -0.05) is 20.8 Å².